The van der Waals surface area contributed by atoms with E-state index in [0.29, 0.717) is 23.0 Å². The molecule has 5 heteroatoms. The summed E-state index contributed by atoms with van der Waals surface area (Å²) in [4.78, 5) is 11.4. The fourth-order valence-electron chi connectivity index (χ4n) is 3.17. The molecule has 5 nitrogen and oxygen atoms in total. The van der Waals surface area contributed by atoms with Crippen molar-refractivity contribution in [3.05, 3.63) is 35.9 Å². The molecule has 0 radical (unpaired) electrons. The summed E-state index contributed by atoms with van der Waals surface area (Å²) in [6.07, 6.45) is 4.88. The molecular weight excluding hydrogens is 332 g/mol. The summed E-state index contributed by atoms with van der Waals surface area (Å²) in [5, 5.41) is 9.00. The molecule has 1 aliphatic carbocycles. The van der Waals surface area contributed by atoms with Gasteiger partial charge in [-0.15, -0.1) is 0 Å². The van der Waals surface area contributed by atoms with Crippen molar-refractivity contribution in [2.45, 2.75) is 45.4 Å². The number of rotatable bonds is 9. The van der Waals surface area contributed by atoms with E-state index in [1.807, 2.05) is 12.1 Å². The van der Waals surface area contributed by atoms with Gasteiger partial charge in [0.15, 0.2) is 11.5 Å². The summed E-state index contributed by atoms with van der Waals surface area (Å²) < 4.78 is 16.4. The second kappa shape index (κ2) is 10.2. The Morgan fingerprint density at radius 1 is 1.12 bits per heavy atom. The molecule has 1 aromatic rings. The van der Waals surface area contributed by atoms with Crippen LogP contribution in [0.3, 0.4) is 0 Å². The van der Waals surface area contributed by atoms with Crippen LogP contribution in [0.5, 0.6) is 11.5 Å². The largest absolute Gasteiger partial charge is 0.487 e. The molecule has 1 fully saturated rings. The summed E-state index contributed by atoms with van der Waals surface area (Å²) in [6.45, 7) is 8.00. The first-order valence-corrected chi connectivity index (χ1v) is 9.34. The molecule has 0 unspecified atom stereocenters. The summed E-state index contributed by atoms with van der Waals surface area (Å²) >= 11 is 0. The minimum atomic E-state index is -0.421. The lowest BCUT2D eigenvalue weighted by molar-refractivity contribution is -0.139. The highest BCUT2D eigenvalue weighted by molar-refractivity contribution is 5.86. The molecule has 144 valence electrons. The van der Waals surface area contributed by atoms with Crippen LogP contribution in [0.2, 0.25) is 0 Å². The Kier molecular flexibility index (Phi) is 7.98. The first-order valence-electron chi connectivity index (χ1n) is 9.34. The number of esters is 1. The van der Waals surface area contributed by atoms with Crippen LogP contribution in [0, 0.1) is 5.92 Å². The van der Waals surface area contributed by atoms with Gasteiger partial charge in [0.2, 0.25) is 0 Å². The van der Waals surface area contributed by atoms with Crippen LogP contribution in [0.25, 0.3) is 0 Å². The lowest BCUT2D eigenvalue weighted by Gasteiger charge is -2.27. The first-order chi connectivity index (χ1) is 12.5. The quantitative estimate of drug-likeness (QED) is 0.411. The van der Waals surface area contributed by atoms with Crippen molar-refractivity contribution in [2.75, 3.05) is 26.4 Å². The van der Waals surface area contributed by atoms with Gasteiger partial charge >= 0.3 is 5.97 Å². The van der Waals surface area contributed by atoms with Crippen LogP contribution in [-0.4, -0.2) is 37.5 Å². The normalized spacial score (nSPS) is 19.7. The van der Waals surface area contributed by atoms with Gasteiger partial charge in [-0.25, -0.2) is 4.79 Å². The van der Waals surface area contributed by atoms with Crippen molar-refractivity contribution in [1.29, 1.82) is 0 Å². The van der Waals surface area contributed by atoms with Gasteiger partial charge in [0.05, 0.1) is 6.61 Å². The fourth-order valence-corrected chi connectivity index (χ4v) is 3.17. The van der Waals surface area contributed by atoms with Crippen LogP contribution in [0.15, 0.2) is 30.4 Å². The van der Waals surface area contributed by atoms with Crippen molar-refractivity contribution in [3.8, 4) is 11.5 Å². The predicted octanol–water partition coefficient (Wildman–Crippen LogP) is 3.85. The van der Waals surface area contributed by atoms with E-state index in [2.05, 4.69) is 19.6 Å². The molecule has 0 aliphatic heterocycles. The molecule has 0 amide bonds. The highest BCUT2D eigenvalue weighted by atomic mass is 16.6. The Bertz CT molecular complexity index is 602. The van der Waals surface area contributed by atoms with E-state index in [4.69, 9.17) is 19.3 Å². The number of carbonyl (C=O) groups excluding carboxylic acids is 1. The standard InChI is InChI=1S/C21H30O5/c1-15(2)21(23)26-13-12-25-20-14-18(8-9-19(20)24-11-10-22)17-6-4-16(3)5-7-17/h8-9,14,16-17,22H,1,4-7,10-13H2,2-3H3. The molecule has 0 aromatic heterocycles. The molecule has 1 N–H and O–H groups in total. The number of hydrogen-bond donors (Lipinski definition) is 1. The molecule has 1 aliphatic rings. The Hall–Kier alpha value is -2.01. The van der Waals surface area contributed by atoms with E-state index in [9.17, 15) is 4.79 Å². The lowest BCUT2D eigenvalue weighted by Crippen LogP contribution is -2.14. The Balaban J connectivity index is 2.01. The molecule has 0 atom stereocenters. The fraction of sp³-hybridized carbons (Fsp3) is 0.571. The lowest BCUT2D eigenvalue weighted by atomic mass is 9.79. The maximum absolute atomic E-state index is 11.4. The maximum atomic E-state index is 11.4. The molecule has 1 saturated carbocycles. The minimum Gasteiger partial charge on any atom is -0.487 e. The third-order valence-electron chi connectivity index (χ3n) is 4.73. The molecule has 0 spiro atoms. The van der Waals surface area contributed by atoms with Crippen molar-refractivity contribution in [2.24, 2.45) is 5.92 Å². The zero-order valence-electron chi connectivity index (χ0n) is 15.8. The monoisotopic (exact) mass is 362 g/mol. The second-order valence-corrected chi connectivity index (χ2v) is 7.00. The van der Waals surface area contributed by atoms with Gasteiger partial charge in [-0.1, -0.05) is 32.4 Å². The SMILES string of the molecule is C=C(C)C(=O)OCCOc1cc(C2CCC(C)CC2)ccc1OCCO. The summed E-state index contributed by atoms with van der Waals surface area (Å²) in [5.41, 5.74) is 1.62. The summed E-state index contributed by atoms with van der Waals surface area (Å²) in [6, 6.07) is 6.01. The van der Waals surface area contributed by atoms with Crippen LogP contribution < -0.4 is 9.47 Å². The van der Waals surface area contributed by atoms with Crippen molar-refractivity contribution in [1.82, 2.24) is 0 Å². The third kappa shape index (κ3) is 6.06. The Labute approximate surface area is 156 Å². The average Bonchev–Trinajstić information content (AvgIpc) is 2.64. The molecule has 26 heavy (non-hydrogen) atoms. The average molecular weight is 362 g/mol. The second-order valence-electron chi connectivity index (χ2n) is 7.00. The first kappa shape index (κ1) is 20.3. The molecule has 0 saturated heterocycles. The van der Waals surface area contributed by atoms with Gasteiger partial charge < -0.3 is 19.3 Å². The van der Waals surface area contributed by atoms with Crippen LogP contribution in [-0.2, 0) is 9.53 Å². The number of benzene rings is 1. The smallest absolute Gasteiger partial charge is 0.333 e. The van der Waals surface area contributed by atoms with Gasteiger partial charge in [0.25, 0.3) is 0 Å². The van der Waals surface area contributed by atoms with Gasteiger partial charge in [-0.2, -0.15) is 0 Å². The van der Waals surface area contributed by atoms with Crippen LogP contribution >= 0.6 is 0 Å². The summed E-state index contributed by atoms with van der Waals surface area (Å²) in [7, 11) is 0. The van der Waals surface area contributed by atoms with E-state index in [-0.39, 0.29) is 26.4 Å². The van der Waals surface area contributed by atoms with Gasteiger partial charge in [-0.3, -0.25) is 0 Å². The van der Waals surface area contributed by atoms with Crippen molar-refractivity contribution in [3.63, 3.8) is 0 Å². The highest BCUT2D eigenvalue weighted by Crippen LogP contribution is 2.39. The molecule has 0 heterocycles. The zero-order chi connectivity index (χ0) is 18.9. The Morgan fingerprint density at radius 3 is 2.46 bits per heavy atom. The van der Waals surface area contributed by atoms with E-state index >= 15 is 0 Å². The van der Waals surface area contributed by atoms with Crippen LogP contribution in [0.1, 0.15) is 51.0 Å². The molecule has 0 bridgehead atoms. The van der Waals surface area contributed by atoms with E-state index < -0.39 is 5.97 Å². The minimum absolute atomic E-state index is 0.0576. The van der Waals surface area contributed by atoms with Crippen molar-refractivity contribution < 1.29 is 24.1 Å². The summed E-state index contributed by atoms with van der Waals surface area (Å²) in [5.74, 6) is 2.15. The number of hydrogen-bond acceptors (Lipinski definition) is 5. The topological polar surface area (TPSA) is 65.0 Å². The molecular formula is C21H30O5. The molecule has 1 aromatic carbocycles. The number of aliphatic hydroxyl groups is 1. The van der Waals surface area contributed by atoms with Crippen molar-refractivity contribution >= 4 is 5.97 Å². The van der Waals surface area contributed by atoms with Gasteiger partial charge in [0.1, 0.15) is 19.8 Å². The van der Waals surface area contributed by atoms with E-state index in [1.54, 1.807) is 6.92 Å². The zero-order valence-corrected chi connectivity index (χ0v) is 15.8. The van der Waals surface area contributed by atoms with E-state index in [1.165, 1.54) is 31.2 Å². The van der Waals surface area contributed by atoms with Gasteiger partial charge in [-0.05, 0) is 49.3 Å². The predicted molar refractivity (Wildman–Crippen MR) is 101 cm³/mol. The van der Waals surface area contributed by atoms with Crippen LogP contribution in [0.4, 0.5) is 0 Å². The van der Waals surface area contributed by atoms with E-state index in [0.717, 1.165) is 5.92 Å². The maximum Gasteiger partial charge on any atom is 0.333 e. The third-order valence-corrected chi connectivity index (χ3v) is 4.73. The highest BCUT2D eigenvalue weighted by Gasteiger charge is 2.21. The number of ether oxygens (including phenoxy) is 3. The Morgan fingerprint density at radius 2 is 1.81 bits per heavy atom. The van der Waals surface area contributed by atoms with Gasteiger partial charge in [0, 0.05) is 5.57 Å². The molecule has 2 rings (SSSR count). The number of carbonyl (C=O) groups is 1. The number of aliphatic hydroxyl groups excluding tert-OH is 1.